The maximum Gasteiger partial charge on any atom is 0.216 e. The van der Waals surface area contributed by atoms with Crippen LogP contribution in [0.4, 0.5) is 0 Å². The minimum absolute atomic E-state index is 0. The molecule has 0 aliphatic heterocycles. The Hall–Kier alpha value is -5.22. The topological polar surface area (TPSA) is 51.8 Å². The van der Waals surface area contributed by atoms with Crippen LogP contribution in [0.15, 0.2) is 132 Å². The zero-order chi connectivity index (χ0) is 33.7. The summed E-state index contributed by atoms with van der Waals surface area (Å²) in [5, 5.41) is 2.08. The average molecular weight is 828 g/mol. The van der Waals surface area contributed by atoms with E-state index in [9.17, 15) is 0 Å². The van der Waals surface area contributed by atoms with Gasteiger partial charge in [0.25, 0.3) is 0 Å². The molecule has 4 nitrogen and oxygen atoms in total. The summed E-state index contributed by atoms with van der Waals surface area (Å²) in [6.07, 6.45) is 5.69. The first-order chi connectivity index (χ1) is 23.9. The van der Waals surface area contributed by atoms with Gasteiger partial charge in [-0.15, -0.1) is 53.6 Å². The van der Waals surface area contributed by atoms with Gasteiger partial charge in [0.2, 0.25) is 5.71 Å². The SMILES string of the molecule is Cc1c[c-]c(-c2cc(-c3ccccc3)c(C)cn2)cc1.Cc1cnc(-c2[c-]ccc3c2oc2nc(CCc4ccccc4)ccc23)cc1C.[Ir]. The van der Waals surface area contributed by atoms with E-state index in [1.807, 2.05) is 42.7 Å². The Kier molecular flexibility index (Phi) is 10.8. The molecule has 4 heterocycles. The number of nitrogens with zero attached hydrogens (tertiary/aromatic N) is 3. The van der Waals surface area contributed by atoms with E-state index in [1.165, 1.54) is 38.9 Å². The molecule has 8 rings (SSSR count). The van der Waals surface area contributed by atoms with Gasteiger partial charge in [-0.2, -0.15) is 0 Å². The number of furan rings is 1. The molecule has 0 saturated heterocycles. The van der Waals surface area contributed by atoms with Crippen LogP contribution in [-0.2, 0) is 32.9 Å². The number of pyridine rings is 3. The first-order valence-corrected chi connectivity index (χ1v) is 16.6. The second-order valence-electron chi connectivity index (χ2n) is 12.5. The molecule has 4 aromatic heterocycles. The fraction of sp³-hybridized carbons (Fsp3) is 0.133. The molecule has 0 amide bonds. The Labute approximate surface area is 307 Å². The molecular formula is C45H37IrN3O-2. The van der Waals surface area contributed by atoms with Gasteiger partial charge in [0, 0.05) is 43.6 Å². The van der Waals surface area contributed by atoms with E-state index < -0.39 is 0 Å². The average Bonchev–Trinajstić information content (AvgIpc) is 3.52. The summed E-state index contributed by atoms with van der Waals surface area (Å²) in [5.41, 5.74) is 14.8. The number of aryl methyl sites for hydroxylation is 6. The van der Waals surface area contributed by atoms with Crippen molar-refractivity contribution < 1.29 is 24.5 Å². The summed E-state index contributed by atoms with van der Waals surface area (Å²) in [7, 11) is 0. The van der Waals surface area contributed by atoms with Crippen molar-refractivity contribution in [2.45, 2.75) is 40.5 Å². The minimum Gasteiger partial charge on any atom is -0.486 e. The van der Waals surface area contributed by atoms with Gasteiger partial charge in [0.15, 0.2) is 0 Å². The predicted molar refractivity (Wildman–Crippen MR) is 200 cm³/mol. The molecule has 1 radical (unpaired) electrons. The van der Waals surface area contributed by atoms with Gasteiger partial charge >= 0.3 is 0 Å². The van der Waals surface area contributed by atoms with Crippen LogP contribution in [0.5, 0.6) is 0 Å². The molecule has 249 valence electrons. The summed E-state index contributed by atoms with van der Waals surface area (Å²) in [4.78, 5) is 13.9. The van der Waals surface area contributed by atoms with Crippen LogP contribution in [0.2, 0.25) is 0 Å². The normalized spacial score (nSPS) is 10.8. The molecule has 5 heteroatoms. The van der Waals surface area contributed by atoms with Crippen LogP contribution in [0.3, 0.4) is 0 Å². The third-order valence-electron chi connectivity index (χ3n) is 8.93. The summed E-state index contributed by atoms with van der Waals surface area (Å²) in [5.74, 6) is 0. The predicted octanol–water partition coefficient (Wildman–Crippen LogP) is 11.1. The van der Waals surface area contributed by atoms with E-state index in [2.05, 4.69) is 135 Å². The molecule has 0 bridgehead atoms. The number of rotatable bonds is 6. The molecule has 0 unspecified atom stereocenters. The van der Waals surface area contributed by atoms with E-state index in [-0.39, 0.29) is 20.1 Å². The Bertz CT molecular complexity index is 2370. The van der Waals surface area contributed by atoms with Crippen LogP contribution in [0, 0.1) is 39.8 Å². The Morgan fingerprint density at radius 3 is 2.12 bits per heavy atom. The minimum atomic E-state index is 0. The van der Waals surface area contributed by atoms with E-state index in [0.29, 0.717) is 5.71 Å². The summed E-state index contributed by atoms with van der Waals surface area (Å²) in [6.45, 7) is 8.33. The smallest absolute Gasteiger partial charge is 0.216 e. The van der Waals surface area contributed by atoms with Crippen molar-refractivity contribution in [2.24, 2.45) is 0 Å². The Morgan fingerprint density at radius 2 is 1.38 bits per heavy atom. The molecule has 8 aromatic rings. The third-order valence-corrected chi connectivity index (χ3v) is 8.93. The van der Waals surface area contributed by atoms with Crippen LogP contribution < -0.4 is 0 Å². The molecule has 0 saturated carbocycles. The molecule has 0 N–H and O–H groups in total. The van der Waals surface area contributed by atoms with Crippen LogP contribution >= 0.6 is 0 Å². The summed E-state index contributed by atoms with van der Waals surface area (Å²) < 4.78 is 6.22. The molecule has 0 spiro atoms. The number of fused-ring (bicyclic) bond motifs is 3. The molecular weight excluding hydrogens is 791 g/mol. The van der Waals surface area contributed by atoms with Gasteiger partial charge in [-0.25, -0.2) is 4.98 Å². The fourth-order valence-electron chi connectivity index (χ4n) is 5.93. The van der Waals surface area contributed by atoms with E-state index >= 15 is 0 Å². The van der Waals surface area contributed by atoms with Gasteiger partial charge in [0.05, 0.1) is 5.58 Å². The van der Waals surface area contributed by atoms with Gasteiger partial charge in [-0.05, 0) is 85.0 Å². The molecule has 50 heavy (non-hydrogen) atoms. The first kappa shape index (κ1) is 34.6. The monoisotopic (exact) mass is 828 g/mol. The third kappa shape index (κ3) is 7.65. The number of benzene rings is 4. The number of hydrogen-bond donors (Lipinski definition) is 0. The quantitative estimate of drug-likeness (QED) is 0.157. The van der Waals surface area contributed by atoms with Gasteiger partial charge in [-0.1, -0.05) is 96.2 Å². The van der Waals surface area contributed by atoms with Gasteiger partial charge in [-0.3, -0.25) is 0 Å². The zero-order valence-electron chi connectivity index (χ0n) is 28.6. The van der Waals surface area contributed by atoms with Crippen molar-refractivity contribution in [3.63, 3.8) is 0 Å². The van der Waals surface area contributed by atoms with E-state index in [1.54, 1.807) is 0 Å². The Morgan fingerprint density at radius 1 is 0.640 bits per heavy atom. The zero-order valence-corrected chi connectivity index (χ0v) is 31.0. The number of hydrogen-bond acceptors (Lipinski definition) is 4. The maximum atomic E-state index is 6.22. The second kappa shape index (κ2) is 15.6. The van der Waals surface area contributed by atoms with E-state index in [0.717, 1.165) is 57.4 Å². The van der Waals surface area contributed by atoms with Crippen molar-refractivity contribution in [2.75, 3.05) is 0 Å². The molecule has 0 atom stereocenters. The van der Waals surface area contributed by atoms with Gasteiger partial charge in [0.1, 0.15) is 0 Å². The fourth-order valence-corrected chi connectivity index (χ4v) is 5.93. The van der Waals surface area contributed by atoms with Crippen molar-refractivity contribution in [3.05, 3.63) is 173 Å². The number of aromatic nitrogens is 3. The van der Waals surface area contributed by atoms with Crippen LogP contribution in [-0.4, -0.2) is 15.0 Å². The largest absolute Gasteiger partial charge is 0.486 e. The molecule has 4 aromatic carbocycles. The molecule has 0 aliphatic carbocycles. The molecule has 0 aliphatic rings. The standard InChI is InChI=1S/C26H21N2O.C19H16N.Ir/c1-17-15-24(27-16-18(17)2)23-10-6-9-21-22-14-13-20(28-26(22)29-25(21)23)12-11-19-7-4-3-5-8-19;1-14-8-10-17(11-9-14)19-12-18(15(2)13-20-19)16-6-4-3-5-7-16;/h3-9,13-16H,11-12H2,1-2H3;3-10,12-13H,1-2H3;/q2*-1;. The molecule has 0 fully saturated rings. The van der Waals surface area contributed by atoms with Crippen molar-refractivity contribution in [1.82, 2.24) is 15.0 Å². The second-order valence-corrected chi connectivity index (χ2v) is 12.5. The van der Waals surface area contributed by atoms with E-state index in [4.69, 9.17) is 9.40 Å². The summed E-state index contributed by atoms with van der Waals surface area (Å²) in [6, 6.07) is 46.1. The van der Waals surface area contributed by atoms with Crippen molar-refractivity contribution in [1.29, 1.82) is 0 Å². The first-order valence-electron chi connectivity index (χ1n) is 16.6. The van der Waals surface area contributed by atoms with Crippen LogP contribution in [0.1, 0.15) is 33.5 Å². The van der Waals surface area contributed by atoms with Gasteiger partial charge < -0.3 is 14.4 Å². The maximum absolute atomic E-state index is 6.22. The van der Waals surface area contributed by atoms with Crippen molar-refractivity contribution >= 4 is 22.1 Å². The van der Waals surface area contributed by atoms with Crippen LogP contribution in [0.25, 0.3) is 55.7 Å². The summed E-state index contributed by atoms with van der Waals surface area (Å²) >= 11 is 0. The van der Waals surface area contributed by atoms with Crippen molar-refractivity contribution in [3.8, 4) is 33.6 Å². The Balaban J connectivity index is 0.000000181.